The fourth-order valence-electron chi connectivity index (χ4n) is 5.65. The van der Waals surface area contributed by atoms with Crippen molar-refractivity contribution < 1.29 is 66.6 Å². The van der Waals surface area contributed by atoms with Crippen LogP contribution in [0.25, 0.3) is 21.8 Å². The highest BCUT2D eigenvalue weighted by molar-refractivity contribution is 5.80. The van der Waals surface area contributed by atoms with E-state index in [1.807, 2.05) is 6.07 Å². The van der Waals surface area contributed by atoms with E-state index in [1.165, 1.54) is 44.1 Å². The first-order chi connectivity index (χ1) is 20.1. The molecule has 220 valence electrons. The Balaban J connectivity index is 0.00000212. The number of rotatable bonds is 9. The van der Waals surface area contributed by atoms with Gasteiger partial charge in [-0.05, 0) is 84.3 Å². The fraction of sp³-hybridized carbons (Fsp3) is 0.189. The molecule has 6 rings (SSSR count). The number of nitrogens with zero attached hydrogens (tertiary/aromatic N) is 2. The number of fused-ring (bicyclic) bond motifs is 2. The average molecular weight is 795 g/mol. The predicted molar refractivity (Wildman–Crippen MR) is 165 cm³/mol. The van der Waals surface area contributed by atoms with E-state index in [4.69, 9.17) is 9.47 Å². The summed E-state index contributed by atoms with van der Waals surface area (Å²) < 4.78 is 16.3. The van der Waals surface area contributed by atoms with Crippen LogP contribution in [-0.2, 0) is 39.8 Å². The standard InChI is InChI=1S/C37H36N2O2.2HI/c1-38-24-22-29(32-8-4-6-10-34(32)38)17-12-27-14-19-31(20-15-27)41-37-26-28(16-21-36(37)40-3)13-18-30-23-25-39(2)35-11-7-5-9-33(30)35;;/h4-11,14-16,19-26H,12-13,17-18H2,1-3H3;2*1H/q+2;;/p-2. The van der Waals surface area contributed by atoms with Crippen molar-refractivity contribution in [3.63, 3.8) is 0 Å². The lowest BCUT2D eigenvalue weighted by molar-refractivity contribution is -0.645. The maximum atomic E-state index is 6.34. The number of hydrogen-bond donors (Lipinski definition) is 0. The van der Waals surface area contributed by atoms with Gasteiger partial charge < -0.3 is 57.4 Å². The maximum Gasteiger partial charge on any atom is 0.212 e. The van der Waals surface area contributed by atoms with E-state index in [1.54, 1.807) is 7.11 Å². The molecule has 0 amide bonds. The van der Waals surface area contributed by atoms with Crippen LogP contribution in [0.15, 0.2) is 116 Å². The minimum atomic E-state index is 0. The average Bonchev–Trinajstić information content (AvgIpc) is 3.01. The quantitative estimate of drug-likeness (QED) is 0.162. The molecule has 4 aromatic carbocycles. The van der Waals surface area contributed by atoms with E-state index < -0.39 is 0 Å². The second kappa shape index (κ2) is 15.0. The first-order valence-electron chi connectivity index (χ1n) is 14.3. The zero-order chi connectivity index (χ0) is 28.2. The lowest BCUT2D eigenvalue weighted by Crippen LogP contribution is -3.00. The molecule has 2 heterocycles. The topological polar surface area (TPSA) is 26.2 Å². The highest BCUT2D eigenvalue weighted by atomic mass is 127. The molecule has 2 aromatic heterocycles. The van der Waals surface area contributed by atoms with Gasteiger partial charge in [-0.3, -0.25) is 0 Å². The van der Waals surface area contributed by atoms with Gasteiger partial charge in [-0.2, -0.15) is 0 Å². The zero-order valence-corrected chi connectivity index (χ0v) is 29.1. The summed E-state index contributed by atoms with van der Waals surface area (Å²) in [5, 5.41) is 2.62. The fourth-order valence-corrected chi connectivity index (χ4v) is 5.65. The second-order valence-corrected chi connectivity index (χ2v) is 10.7. The van der Waals surface area contributed by atoms with E-state index in [9.17, 15) is 0 Å². The van der Waals surface area contributed by atoms with Gasteiger partial charge in [0.2, 0.25) is 11.0 Å². The molecule has 0 radical (unpaired) electrons. The summed E-state index contributed by atoms with van der Waals surface area (Å²) in [5.74, 6) is 2.28. The van der Waals surface area contributed by atoms with Crippen molar-refractivity contribution >= 4 is 21.8 Å². The number of benzene rings is 4. The summed E-state index contributed by atoms with van der Waals surface area (Å²) >= 11 is 0. The van der Waals surface area contributed by atoms with Crippen molar-refractivity contribution in [1.29, 1.82) is 0 Å². The minimum Gasteiger partial charge on any atom is -1.00 e. The van der Waals surface area contributed by atoms with E-state index in [0.717, 1.165) is 42.9 Å². The number of ether oxygens (including phenoxy) is 2. The first kappa shape index (κ1) is 32.7. The summed E-state index contributed by atoms with van der Waals surface area (Å²) in [6, 6.07) is 36.3. The third kappa shape index (κ3) is 7.47. The highest BCUT2D eigenvalue weighted by Crippen LogP contribution is 2.33. The molecule has 6 heteroatoms. The molecule has 0 saturated carbocycles. The van der Waals surface area contributed by atoms with Crippen molar-refractivity contribution in [3.8, 4) is 17.2 Å². The third-order valence-corrected chi connectivity index (χ3v) is 8.00. The lowest BCUT2D eigenvalue weighted by Gasteiger charge is -2.13. The Labute approximate surface area is 288 Å². The molecule has 4 nitrogen and oxygen atoms in total. The number of methoxy groups -OCH3 is 1. The van der Waals surface area contributed by atoms with Gasteiger partial charge in [-0.1, -0.05) is 42.5 Å². The number of aromatic nitrogens is 2. The SMILES string of the molecule is COc1ccc(CCc2cc[n+](C)c3ccccc23)cc1Oc1ccc(CCc2cc[n+](C)c3ccccc23)cc1.[I-].[I-]. The first-order valence-corrected chi connectivity index (χ1v) is 14.3. The summed E-state index contributed by atoms with van der Waals surface area (Å²) in [4.78, 5) is 0. The summed E-state index contributed by atoms with van der Waals surface area (Å²) in [6.07, 6.45) is 8.14. The van der Waals surface area contributed by atoms with Crippen LogP contribution in [0.1, 0.15) is 22.3 Å². The molecule has 0 unspecified atom stereocenters. The Bertz CT molecular complexity index is 1840. The molecule has 6 aromatic rings. The minimum absolute atomic E-state index is 0. The van der Waals surface area contributed by atoms with Gasteiger partial charge in [0.15, 0.2) is 23.9 Å². The summed E-state index contributed by atoms with van der Waals surface area (Å²) in [5.41, 5.74) is 7.74. The van der Waals surface area contributed by atoms with Gasteiger partial charge in [0.05, 0.1) is 7.11 Å². The van der Waals surface area contributed by atoms with Gasteiger partial charge in [0.1, 0.15) is 19.8 Å². The second-order valence-electron chi connectivity index (χ2n) is 10.7. The molecule has 0 aliphatic heterocycles. The number of halogens is 2. The summed E-state index contributed by atoms with van der Waals surface area (Å²) in [7, 11) is 5.88. The molecule has 0 saturated heterocycles. The van der Waals surface area contributed by atoms with Crippen LogP contribution in [0.5, 0.6) is 17.2 Å². The van der Waals surface area contributed by atoms with E-state index in [2.05, 4.69) is 133 Å². The van der Waals surface area contributed by atoms with Crippen molar-refractivity contribution in [3.05, 3.63) is 138 Å². The van der Waals surface area contributed by atoms with Crippen LogP contribution in [-0.4, -0.2) is 7.11 Å². The Morgan fingerprint density at radius 1 is 0.535 bits per heavy atom. The van der Waals surface area contributed by atoms with Gasteiger partial charge in [0.25, 0.3) is 0 Å². The molecule has 0 spiro atoms. The van der Waals surface area contributed by atoms with Crippen molar-refractivity contribution in [2.75, 3.05) is 7.11 Å². The Kier molecular flexibility index (Phi) is 11.4. The normalized spacial score (nSPS) is 10.7. The molecule has 0 bridgehead atoms. The van der Waals surface area contributed by atoms with Crippen LogP contribution in [0.3, 0.4) is 0 Å². The molecular formula is C37H36I2N2O2. The van der Waals surface area contributed by atoms with Crippen LogP contribution < -0.4 is 66.6 Å². The molecule has 0 atom stereocenters. The number of hydrogen-bond acceptors (Lipinski definition) is 2. The van der Waals surface area contributed by atoms with Crippen LogP contribution in [0.2, 0.25) is 0 Å². The number of aryl methyl sites for hydroxylation is 6. The third-order valence-electron chi connectivity index (χ3n) is 8.00. The number of pyridine rings is 2. The van der Waals surface area contributed by atoms with Gasteiger partial charge in [-0.15, -0.1) is 0 Å². The zero-order valence-electron chi connectivity index (χ0n) is 24.8. The van der Waals surface area contributed by atoms with Gasteiger partial charge >= 0.3 is 0 Å². The molecule has 0 N–H and O–H groups in total. The van der Waals surface area contributed by atoms with Gasteiger partial charge in [-0.25, -0.2) is 9.13 Å². The van der Waals surface area contributed by atoms with E-state index >= 15 is 0 Å². The Morgan fingerprint density at radius 2 is 1.05 bits per heavy atom. The molecule has 0 aliphatic carbocycles. The largest absolute Gasteiger partial charge is 1.00 e. The Morgan fingerprint density at radius 3 is 1.60 bits per heavy atom. The highest BCUT2D eigenvalue weighted by Gasteiger charge is 2.12. The van der Waals surface area contributed by atoms with E-state index in [0.29, 0.717) is 0 Å². The van der Waals surface area contributed by atoms with Crippen molar-refractivity contribution in [1.82, 2.24) is 0 Å². The molecular weight excluding hydrogens is 758 g/mol. The van der Waals surface area contributed by atoms with Crippen LogP contribution in [0, 0.1) is 0 Å². The van der Waals surface area contributed by atoms with Crippen molar-refractivity contribution in [2.24, 2.45) is 14.1 Å². The van der Waals surface area contributed by atoms with Gasteiger partial charge in [0, 0.05) is 35.0 Å². The van der Waals surface area contributed by atoms with Crippen LogP contribution >= 0.6 is 0 Å². The smallest absolute Gasteiger partial charge is 0.212 e. The maximum absolute atomic E-state index is 6.34. The lowest BCUT2D eigenvalue weighted by atomic mass is 10.0. The molecule has 0 aliphatic rings. The molecule has 0 fully saturated rings. The molecule has 43 heavy (non-hydrogen) atoms. The number of para-hydroxylation sites is 2. The van der Waals surface area contributed by atoms with E-state index in [-0.39, 0.29) is 48.0 Å². The Hall–Kier alpha value is -3.24. The monoisotopic (exact) mass is 794 g/mol. The van der Waals surface area contributed by atoms with Crippen molar-refractivity contribution in [2.45, 2.75) is 25.7 Å². The summed E-state index contributed by atoms with van der Waals surface area (Å²) in [6.45, 7) is 0. The predicted octanol–water partition coefficient (Wildman–Crippen LogP) is 1.02. The van der Waals surface area contributed by atoms with Crippen LogP contribution in [0.4, 0.5) is 0 Å².